The van der Waals surface area contributed by atoms with E-state index in [1.807, 2.05) is 6.92 Å². The van der Waals surface area contributed by atoms with Crippen molar-refractivity contribution in [2.75, 3.05) is 5.75 Å². The van der Waals surface area contributed by atoms with Gasteiger partial charge in [-0.05, 0) is 19.3 Å². The Morgan fingerprint density at radius 1 is 1.29 bits per heavy atom. The van der Waals surface area contributed by atoms with E-state index in [1.54, 1.807) is 0 Å². The predicted octanol–water partition coefficient (Wildman–Crippen LogP) is 3.80. The fraction of sp³-hybridized carbons (Fsp3) is 0.909. The van der Waals surface area contributed by atoms with Gasteiger partial charge in [0.15, 0.2) is 0 Å². The van der Waals surface area contributed by atoms with Gasteiger partial charge in [-0.25, -0.2) is 0 Å². The van der Waals surface area contributed by atoms with E-state index < -0.39 is 0 Å². The van der Waals surface area contributed by atoms with Crippen molar-refractivity contribution in [3.05, 3.63) is 0 Å². The standard InChI is InChI=1S/C11H22O2S/c1-4-7-8-10(6-3)11(12)13-14-9-5-2/h10H,4-9H2,1-3H3. The Morgan fingerprint density at radius 3 is 2.50 bits per heavy atom. The van der Waals surface area contributed by atoms with Crippen LogP contribution < -0.4 is 0 Å². The maximum atomic E-state index is 11.5. The molecule has 0 aromatic carbocycles. The minimum atomic E-state index is -0.0283. The number of carbonyl (C=O) groups is 1. The monoisotopic (exact) mass is 218 g/mol. The van der Waals surface area contributed by atoms with Gasteiger partial charge in [-0.15, -0.1) is 0 Å². The molecule has 0 aliphatic heterocycles. The summed E-state index contributed by atoms with van der Waals surface area (Å²) < 4.78 is 5.11. The molecule has 0 bridgehead atoms. The molecule has 0 heterocycles. The summed E-state index contributed by atoms with van der Waals surface area (Å²) in [6.07, 6.45) is 5.17. The van der Waals surface area contributed by atoms with Gasteiger partial charge in [0.2, 0.25) is 0 Å². The number of unbranched alkanes of at least 4 members (excludes halogenated alkanes) is 1. The second kappa shape index (κ2) is 9.38. The molecule has 0 saturated carbocycles. The van der Waals surface area contributed by atoms with Crippen molar-refractivity contribution in [1.82, 2.24) is 0 Å². The highest BCUT2D eigenvalue weighted by atomic mass is 32.2. The molecule has 2 nitrogen and oxygen atoms in total. The maximum Gasteiger partial charge on any atom is 0.320 e. The highest BCUT2D eigenvalue weighted by Gasteiger charge is 2.17. The number of hydrogen-bond donors (Lipinski definition) is 0. The predicted molar refractivity (Wildman–Crippen MR) is 62.1 cm³/mol. The molecule has 0 radical (unpaired) electrons. The third kappa shape index (κ3) is 6.30. The van der Waals surface area contributed by atoms with Gasteiger partial charge in [0.25, 0.3) is 0 Å². The van der Waals surface area contributed by atoms with E-state index in [2.05, 4.69) is 13.8 Å². The van der Waals surface area contributed by atoms with E-state index in [0.717, 1.165) is 37.9 Å². The molecule has 3 heteroatoms. The Morgan fingerprint density at radius 2 is 2.00 bits per heavy atom. The minimum Gasteiger partial charge on any atom is -0.391 e. The second-order valence-corrected chi connectivity index (χ2v) is 4.28. The highest BCUT2D eigenvalue weighted by Crippen LogP contribution is 2.17. The van der Waals surface area contributed by atoms with Crippen LogP contribution in [0.15, 0.2) is 0 Å². The van der Waals surface area contributed by atoms with Gasteiger partial charge in [-0.1, -0.05) is 33.6 Å². The van der Waals surface area contributed by atoms with Gasteiger partial charge in [0, 0.05) is 5.75 Å². The van der Waals surface area contributed by atoms with E-state index in [4.69, 9.17) is 4.18 Å². The molecule has 1 atom stereocenters. The van der Waals surface area contributed by atoms with Gasteiger partial charge in [-0.3, -0.25) is 4.79 Å². The SMILES string of the molecule is CCCCC(CC)C(=O)OSCCC. The largest absolute Gasteiger partial charge is 0.391 e. The van der Waals surface area contributed by atoms with Crippen molar-refractivity contribution in [2.45, 2.75) is 52.9 Å². The summed E-state index contributed by atoms with van der Waals surface area (Å²) in [5.74, 6) is 0.981. The van der Waals surface area contributed by atoms with E-state index in [0.29, 0.717) is 0 Å². The van der Waals surface area contributed by atoms with Crippen LogP contribution in [0.4, 0.5) is 0 Å². The van der Waals surface area contributed by atoms with Gasteiger partial charge >= 0.3 is 5.97 Å². The van der Waals surface area contributed by atoms with Gasteiger partial charge in [-0.2, -0.15) is 0 Å². The fourth-order valence-electron chi connectivity index (χ4n) is 1.19. The number of hydrogen-bond acceptors (Lipinski definition) is 3. The van der Waals surface area contributed by atoms with Crippen molar-refractivity contribution in [3.63, 3.8) is 0 Å². The number of carbonyl (C=O) groups excluding carboxylic acids is 1. The van der Waals surface area contributed by atoms with Gasteiger partial charge < -0.3 is 4.18 Å². The summed E-state index contributed by atoms with van der Waals surface area (Å²) in [6, 6.07) is 0. The van der Waals surface area contributed by atoms with E-state index in [1.165, 1.54) is 12.0 Å². The van der Waals surface area contributed by atoms with Crippen LogP contribution >= 0.6 is 12.0 Å². The first-order chi connectivity index (χ1) is 6.76. The Labute approximate surface area is 92.0 Å². The smallest absolute Gasteiger partial charge is 0.320 e. The quantitative estimate of drug-likeness (QED) is 0.458. The zero-order valence-electron chi connectivity index (χ0n) is 9.54. The van der Waals surface area contributed by atoms with Crippen molar-refractivity contribution in [3.8, 4) is 0 Å². The average molecular weight is 218 g/mol. The van der Waals surface area contributed by atoms with Gasteiger partial charge in [0.1, 0.15) is 0 Å². The molecule has 0 aromatic heterocycles. The Bertz CT molecular complexity index is 148. The molecule has 1 unspecified atom stereocenters. The van der Waals surface area contributed by atoms with E-state index in [9.17, 15) is 4.79 Å². The van der Waals surface area contributed by atoms with Crippen LogP contribution in [0.5, 0.6) is 0 Å². The molecular formula is C11H22O2S. The second-order valence-electron chi connectivity index (χ2n) is 3.47. The van der Waals surface area contributed by atoms with Crippen LogP contribution in [-0.2, 0) is 8.98 Å². The topological polar surface area (TPSA) is 26.3 Å². The first-order valence-electron chi connectivity index (χ1n) is 5.59. The summed E-state index contributed by atoms with van der Waals surface area (Å²) in [4.78, 5) is 11.5. The third-order valence-electron chi connectivity index (χ3n) is 2.16. The Balaban J connectivity index is 3.67. The third-order valence-corrected chi connectivity index (χ3v) is 3.02. The molecular weight excluding hydrogens is 196 g/mol. The minimum absolute atomic E-state index is 0.0283. The molecule has 0 fully saturated rings. The summed E-state index contributed by atoms with van der Waals surface area (Å²) in [6.45, 7) is 6.27. The Kier molecular flexibility index (Phi) is 9.26. The normalized spacial score (nSPS) is 12.5. The van der Waals surface area contributed by atoms with Gasteiger partial charge in [0.05, 0.1) is 18.0 Å². The lowest BCUT2D eigenvalue weighted by atomic mass is 10.00. The summed E-state index contributed by atoms with van der Waals surface area (Å²) >= 11 is 1.29. The molecule has 0 spiro atoms. The summed E-state index contributed by atoms with van der Waals surface area (Å²) in [5.41, 5.74) is 0. The van der Waals surface area contributed by atoms with Crippen LogP contribution in [0.25, 0.3) is 0 Å². The molecule has 0 aliphatic rings. The summed E-state index contributed by atoms with van der Waals surface area (Å²) in [5, 5.41) is 0. The average Bonchev–Trinajstić information content (AvgIpc) is 2.19. The van der Waals surface area contributed by atoms with Crippen LogP contribution in [0, 0.1) is 5.92 Å². The zero-order valence-corrected chi connectivity index (χ0v) is 10.4. The van der Waals surface area contributed by atoms with Crippen molar-refractivity contribution in [2.24, 2.45) is 5.92 Å². The molecule has 0 rings (SSSR count). The molecule has 0 aliphatic carbocycles. The van der Waals surface area contributed by atoms with Crippen LogP contribution in [0.2, 0.25) is 0 Å². The Hall–Kier alpha value is -0.180. The molecule has 14 heavy (non-hydrogen) atoms. The van der Waals surface area contributed by atoms with E-state index >= 15 is 0 Å². The van der Waals surface area contributed by atoms with Crippen molar-refractivity contribution < 1.29 is 8.98 Å². The van der Waals surface area contributed by atoms with E-state index in [-0.39, 0.29) is 11.9 Å². The zero-order chi connectivity index (χ0) is 10.8. The molecule has 0 saturated heterocycles. The van der Waals surface area contributed by atoms with Crippen LogP contribution in [0.1, 0.15) is 52.9 Å². The molecule has 84 valence electrons. The molecule has 0 N–H and O–H groups in total. The fourth-order valence-corrected chi connectivity index (χ4v) is 1.69. The molecule has 0 aromatic rings. The highest BCUT2D eigenvalue weighted by molar-refractivity contribution is 7.95. The van der Waals surface area contributed by atoms with Crippen LogP contribution in [-0.4, -0.2) is 11.7 Å². The van der Waals surface area contributed by atoms with Crippen molar-refractivity contribution >= 4 is 18.0 Å². The lowest BCUT2D eigenvalue weighted by Crippen LogP contribution is -2.14. The first kappa shape index (κ1) is 13.8. The summed E-state index contributed by atoms with van der Waals surface area (Å²) in [7, 11) is 0. The van der Waals surface area contributed by atoms with Crippen LogP contribution in [0.3, 0.4) is 0 Å². The maximum absolute atomic E-state index is 11.5. The first-order valence-corrected chi connectivity index (χ1v) is 6.50. The lowest BCUT2D eigenvalue weighted by Gasteiger charge is -2.11. The molecule has 0 amide bonds. The lowest BCUT2D eigenvalue weighted by molar-refractivity contribution is -0.137. The van der Waals surface area contributed by atoms with Crippen molar-refractivity contribution in [1.29, 1.82) is 0 Å². The number of rotatable bonds is 8.